The SMILES string of the molecule is CC(C)c1ccc(OCC(=O)Nc2ccc3c(C(C)C)cc(=O)[nH]c3c2)cc1. The lowest BCUT2D eigenvalue weighted by Gasteiger charge is -2.12. The highest BCUT2D eigenvalue weighted by Crippen LogP contribution is 2.25. The standard InChI is InChI=1S/C23H26N2O3/c1-14(2)16-5-8-18(9-6-16)28-13-23(27)24-17-7-10-19-20(15(3)4)12-22(26)25-21(19)11-17/h5-12,14-15H,13H2,1-4H3,(H,24,27)(H,25,26). The van der Waals surface area contributed by atoms with Crippen molar-refractivity contribution in [1.82, 2.24) is 4.98 Å². The molecule has 5 nitrogen and oxygen atoms in total. The normalized spacial score (nSPS) is 11.2. The smallest absolute Gasteiger partial charge is 0.262 e. The zero-order chi connectivity index (χ0) is 20.3. The molecule has 1 heterocycles. The first kappa shape index (κ1) is 19.7. The number of hydrogen-bond donors (Lipinski definition) is 2. The highest BCUT2D eigenvalue weighted by Gasteiger charge is 2.10. The van der Waals surface area contributed by atoms with Crippen LogP contribution in [0.4, 0.5) is 5.69 Å². The second-order valence-corrected chi connectivity index (χ2v) is 7.56. The number of pyridine rings is 1. The van der Waals surface area contributed by atoms with Crippen molar-refractivity contribution in [3.05, 3.63) is 70.0 Å². The van der Waals surface area contributed by atoms with E-state index in [0.29, 0.717) is 22.9 Å². The van der Waals surface area contributed by atoms with E-state index in [2.05, 4.69) is 38.0 Å². The summed E-state index contributed by atoms with van der Waals surface area (Å²) in [5, 5.41) is 3.80. The van der Waals surface area contributed by atoms with Crippen molar-refractivity contribution in [3.63, 3.8) is 0 Å². The first-order valence-electron chi connectivity index (χ1n) is 9.53. The van der Waals surface area contributed by atoms with Gasteiger partial charge in [0.2, 0.25) is 5.56 Å². The molecule has 3 rings (SSSR count). The lowest BCUT2D eigenvalue weighted by Crippen LogP contribution is -2.20. The summed E-state index contributed by atoms with van der Waals surface area (Å²) in [7, 11) is 0. The molecule has 1 amide bonds. The number of nitrogens with one attached hydrogen (secondary N) is 2. The summed E-state index contributed by atoms with van der Waals surface area (Å²) < 4.78 is 5.56. The van der Waals surface area contributed by atoms with Gasteiger partial charge in [0.15, 0.2) is 6.61 Å². The van der Waals surface area contributed by atoms with Gasteiger partial charge in [-0.15, -0.1) is 0 Å². The molecular weight excluding hydrogens is 352 g/mol. The molecule has 5 heteroatoms. The number of H-pyrrole nitrogens is 1. The fraction of sp³-hybridized carbons (Fsp3) is 0.304. The van der Waals surface area contributed by atoms with E-state index in [1.165, 1.54) is 5.56 Å². The molecule has 0 fully saturated rings. The molecule has 0 atom stereocenters. The largest absolute Gasteiger partial charge is 0.484 e. The minimum atomic E-state index is -0.255. The summed E-state index contributed by atoms with van der Waals surface area (Å²) in [6, 6.07) is 14.9. The van der Waals surface area contributed by atoms with Gasteiger partial charge in [-0.2, -0.15) is 0 Å². The number of carbonyl (C=O) groups is 1. The maximum atomic E-state index is 12.2. The highest BCUT2D eigenvalue weighted by molar-refractivity contribution is 5.95. The van der Waals surface area contributed by atoms with Gasteiger partial charge in [0.1, 0.15) is 5.75 Å². The molecule has 0 aliphatic carbocycles. The van der Waals surface area contributed by atoms with E-state index >= 15 is 0 Å². The van der Waals surface area contributed by atoms with E-state index in [9.17, 15) is 9.59 Å². The molecule has 146 valence electrons. The predicted octanol–water partition coefficient (Wildman–Crippen LogP) is 4.79. The van der Waals surface area contributed by atoms with Crippen LogP contribution in [-0.2, 0) is 4.79 Å². The minimum absolute atomic E-state index is 0.0817. The second kappa shape index (κ2) is 8.30. The maximum Gasteiger partial charge on any atom is 0.262 e. The number of amides is 1. The van der Waals surface area contributed by atoms with Crippen molar-refractivity contribution in [2.75, 3.05) is 11.9 Å². The van der Waals surface area contributed by atoms with E-state index in [4.69, 9.17) is 4.74 Å². The summed E-state index contributed by atoms with van der Waals surface area (Å²) in [6.07, 6.45) is 0. The Morgan fingerprint density at radius 2 is 1.71 bits per heavy atom. The molecule has 28 heavy (non-hydrogen) atoms. The van der Waals surface area contributed by atoms with Crippen molar-refractivity contribution >= 4 is 22.5 Å². The monoisotopic (exact) mass is 378 g/mol. The number of ether oxygens (including phenoxy) is 1. The Balaban J connectivity index is 1.68. The summed E-state index contributed by atoms with van der Waals surface area (Å²) in [5.74, 6) is 1.09. The first-order chi connectivity index (χ1) is 13.3. The number of benzene rings is 2. The van der Waals surface area contributed by atoms with Gasteiger partial charge in [-0.3, -0.25) is 9.59 Å². The van der Waals surface area contributed by atoms with Crippen LogP contribution < -0.4 is 15.6 Å². The van der Waals surface area contributed by atoms with Crippen molar-refractivity contribution in [1.29, 1.82) is 0 Å². The van der Waals surface area contributed by atoms with Gasteiger partial charge in [-0.25, -0.2) is 0 Å². The Kier molecular flexibility index (Phi) is 5.83. The molecule has 2 N–H and O–H groups in total. The van der Waals surface area contributed by atoms with Crippen molar-refractivity contribution in [3.8, 4) is 5.75 Å². The Labute approximate surface area is 164 Å². The van der Waals surface area contributed by atoms with Gasteiger partial charge in [0.25, 0.3) is 5.91 Å². The Morgan fingerprint density at radius 3 is 2.36 bits per heavy atom. The molecule has 0 unspecified atom stereocenters. The quantitative estimate of drug-likeness (QED) is 0.648. The first-order valence-corrected chi connectivity index (χ1v) is 9.53. The molecule has 0 aliphatic heterocycles. The number of aromatic nitrogens is 1. The zero-order valence-corrected chi connectivity index (χ0v) is 16.7. The van der Waals surface area contributed by atoms with Crippen LogP contribution in [0, 0.1) is 0 Å². The number of rotatable bonds is 6. The van der Waals surface area contributed by atoms with E-state index < -0.39 is 0 Å². The Hall–Kier alpha value is -3.08. The third-order valence-corrected chi connectivity index (χ3v) is 4.70. The van der Waals surface area contributed by atoms with Gasteiger partial charge in [-0.1, -0.05) is 45.9 Å². The third-order valence-electron chi connectivity index (χ3n) is 4.70. The fourth-order valence-electron chi connectivity index (χ4n) is 3.14. The highest BCUT2D eigenvalue weighted by atomic mass is 16.5. The topological polar surface area (TPSA) is 71.2 Å². The van der Waals surface area contributed by atoms with E-state index in [1.54, 1.807) is 12.1 Å². The average Bonchev–Trinajstić information content (AvgIpc) is 2.65. The molecule has 2 aromatic carbocycles. The van der Waals surface area contributed by atoms with Crippen LogP contribution in [0.25, 0.3) is 10.9 Å². The number of aromatic amines is 1. The van der Waals surface area contributed by atoms with E-state index in [-0.39, 0.29) is 24.0 Å². The molecule has 0 spiro atoms. The predicted molar refractivity (Wildman–Crippen MR) is 113 cm³/mol. The van der Waals surface area contributed by atoms with Crippen LogP contribution >= 0.6 is 0 Å². The summed E-state index contributed by atoms with van der Waals surface area (Å²) in [6.45, 7) is 8.28. The van der Waals surface area contributed by atoms with Gasteiger partial charge in [0, 0.05) is 17.1 Å². The van der Waals surface area contributed by atoms with Gasteiger partial charge < -0.3 is 15.0 Å². The van der Waals surface area contributed by atoms with Crippen LogP contribution in [0.15, 0.2) is 53.3 Å². The van der Waals surface area contributed by atoms with Crippen molar-refractivity contribution in [2.24, 2.45) is 0 Å². The van der Waals surface area contributed by atoms with Crippen LogP contribution in [0.5, 0.6) is 5.75 Å². The van der Waals surface area contributed by atoms with Crippen LogP contribution in [0.3, 0.4) is 0 Å². The molecule has 0 saturated carbocycles. The molecule has 3 aromatic rings. The lowest BCUT2D eigenvalue weighted by atomic mass is 9.99. The van der Waals surface area contributed by atoms with Crippen molar-refractivity contribution in [2.45, 2.75) is 39.5 Å². The molecule has 0 radical (unpaired) electrons. The van der Waals surface area contributed by atoms with Crippen LogP contribution in [0.1, 0.15) is 50.7 Å². The van der Waals surface area contributed by atoms with Gasteiger partial charge >= 0.3 is 0 Å². The molecule has 1 aromatic heterocycles. The Bertz CT molecular complexity index is 1030. The number of anilines is 1. The van der Waals surface area contributed by atoms with E-state index in [1.807, 2.05) is 36.4 Å². The Morgan fingerprint density at radius 1 is 1.00 bits per heavy atom. The summed E-state index contributed by atoms with van der Waals surface area (Å²) in [4.78, 5) is 27.0. The van der Waals surface area contributed by atoms with Gasteiger partial charge in [-0.05, 0) is 47.2 Å². The molecule has 0 saturated heterocycles. The van der Waals surface area contributed by atoms with Crippen LogP contribution in [-0.4, -0.2) is 17.5 Å². The minimum Gasteiger partial charge on any atom is -0.484 e. The summed E-state index contributed by atoms with van der Waals surface area (Å²) in [5.41, 5.74) is 3.40. The fourth-order valence-corrected chi connectivity index (χ4v) is 3.14. The van der Waals surface area contributed by atoms with Gasteiger partial charge in [0.05, 0.1) is 5.52 Å². The zero-order valence-electron chi connectivity index (χ0n) is 16.7. The average molecular weight is 378 g/mol. The molecular formula is C23H26N2O3. The molecule has 0 bridgehead atoms. The number of carbonyl (C=O) groups excluding carboxylic acids is 1. The number of hydrogen-bond acceptors (Lipinski definition) is 3. The third kappa shape index (κ3) is 4.60. The van der Waals surface area contributed by atoms with Crippen molar-refractivity contribution < 1.29 is 9.53 Å². The van der Waals surface area contributed by atoms with E-state index in [0.717, 1.165) is 10.9 Å². The molecule has 0 aliphatic rings. The second-order valence-electron chi connectivity index (χ2n) is 7.56. The maximum absolute atomic E-state index is 12.2. The summed E-state index contributed by atoms with van der Waals surface area (Å²) >= 11 is 0. The number of fused-ring (bicyclic) bond motifs is 1. The van der Waals surface area contributed by atoms with Crippen LogP contribution in [0.2, 0.25) is 0 Å². The lowest BCUT2D eigenvalue weighted by molar-refractivity contribution is -0.118.